The van der Waals surface area contributed by atoms with Gasteiger partial charge in [0, 0.05) is 16.2 Å². The van der Waals surface area contributed by atoms with Crippen LogP contribution in [0, 0.1) is 5.82 Å². The van der Waals surface area contributed by atoms with Crippen molar-refractivity contribution in [1.29, 1.82) is 0 Å². The van der Waals surface area contributed by atoms with Crippen molar-refractivity contribution in [2.75, 3.05) is 12.3 Å². The maximum absolute atomic E-state index is 12.7. The number of hydrogen-bond donors (Lipinski definition) is 2. The van der Waals surface area contributed by atoms with Crippen molar-refractivity contribution in [3.63, 3.8) is 0 Å². The Morgan fingerprint density at radius 3 is 2.42 bits per heavy atom. The molecule has 1 aromatic rings. The minimum Gasteiger partial charge on any atom is -0.370 e. The van der Waals surface area contributed by atoms with Gasteiger partial charge in [-0.1, -0.05) is 0 Å². The van der Waals surface area contributed by atoms with E-state index in [1.165, 1.54) is 12.1 Å². The van der Waals surface area contributed by atoms with E-state index in [9.17, 15) is 4.39 Å². The molecule has 0 heterocycles. The van der Waals surface area contributed by atoms with Gasteiger partial charge in [0.2, 0.25) is 0 Å². The first-order valence-corrected chi connectivity index (χ1v) is 6.82. The molecule has 3 N–H and O–H groups in total. The third kappa shape index (κ3) is 9.10. The molecule has 0 fully saturated rings. The lowest BCUT2D eigenvalue weighted by atomic mass is 10.1. The van der Waals surface area contributed by atoms with E-state index >= 15 is 0 Å². The van der Waals surface area contributed by atoms with Gasteiger partial charge in [-0.15, -0.1) is 35.7 Å². The number of benzene rings is 1. The fraction of sp³-hybridized carbons (Fsp3) is 0.462. The molecule has 0 bridgehead atoms. The van der Waals surface area contributed by atoms with E-state index in [0.29, 0.717) is 12.5 Å². The van der Waals surface area contributed by atoms with Crippen LogP contribution >= 0.6 is 35.7 Å². The van der Waals surface area contributed by atoms with Crippen molar-refractivity contribution in [2.24, 2.45) is 10.7 Å². The second-order valence-electron chi connectivity index (χ2n) is 4.94. The quantitative estimate of drug-likeness (QED) is 0.270. The molecule has 0 atom stereocenters. The standard InChI is InChI=1S/C13H20FN3S.HI/c1-13(2,3)17-12(15)16-8-9-18-11-6-4-10(14)5-7-11;/h4-7H,8-9H2,1-3H3,(H3,15,16,17);1H. The molecular weight excluding hydrogens is 376 g/mol. The number of nitrogens with zero attached hydrogens (tertiary/aromatic N) is 1. The van der Waals surface area contributed by atoms with Gasteiger partial charge in [0.1, 0.15) is 5.82 Å². The summed E-state index contributed by atoms with van der Waals surface area (Å²) >= 11 is 1.63. The minimum atomic E-state index is -0.212. The molecule has 0 unspecified atom stereocenters. The predicted molar refractivity (Wildman–Crippen MR) is 91.9 cm³/mol. The average molecular weight is 397 g/mol. The van der Waals surface area contributed by atoms with Crippen LogP contribution in [0.2, 0.25) is 0 Å². The first-order valence-electron chi connectivity index (χ1n) is 5.83. The zero-order valence-electron chi connectivity index (χ0n) is 11.4. The van der Waals surface area contributed by atoms with Crippen LogP contribution < -0.4 is 11.1 Å². The molecule has 108 valence electrons. The van der Waals surface area contributed by atoms with Gasteiger partial charge in [0.25, 0.3) is 0 Å². The molecule has 1 rings (SSSR count). The normalized spacial score (nSPS) is 11.9. The average Bonchev–Trinajstić information content (AvgIpc) is 2.24. The van der Waals surface area contributed by atoms with Gasteiger partial charge in [-0.2, -0.15) is 0 Å². The molecule has 3 nitrogen and oxygen atoms in total. The number of nitrogens with two attached hydrogens (primary N) is 1. The molecule has 0 spiro atoms. The second-order valence-corrected chi connectivity index (χ2v) is 6.11. The van der Waals surface area contributed by atoms with Crippen molar-refractivity contribution in [1.82, 2.24) is 5.32 Å². The summed E-state index contributed by atoms with van der Waals surface area (Å²) < 4.78 is 12.7. The summed E-state index contributed by atoms with van der Waals surface area (Å²) in [6, 6.07) is 6.45. The predicted octanol–water partition coefficient (Wildman–Crippen LogP) is 3.24. The maximum Gasteiger partial charge on any atom is 0.189 e. The molecule has 1 aromatic carbocycles. The first kappa shape index (κ1) is 18.5. The highest BCUT2D eigenvalue weighted by atomic mass is 127. The molecule has 0 saturated carbocycles. The van der Waals surface area contributed by atoms with E-state index in [-0.39, 0.29) is 35.3 Å². The monoisotopic (exact) mass is 397 g/mol. The van der Waals surface area contributed by atoms with Gasteiger partial charge in [-0.3, -0.25) is 4.99 Å². The highest BCUT2D eigenvalue weighted by molar-refractivity contribution is 14.0. The van der Waals surface area contributed by atoms with Crippen LogP contribution in [0.15, 0.2) is 34.2 Å². The van der Waals surface area contributed by atoms with Crippen LogP contribution in [0.1, 0.15) is 20.8 Å². The van der Waals surface area contributed by atoms with Crippen molar-refractivity contribution < 1.29 is 4.39 Å². The number of hydrogen-bond acceptors (Lipinski definition) is 2. The third-order valence-corrected chi connectivity index (χ3v) is 2.95. The SMILES string of the molecule is CC(C)(C)NC(N)=NCCSc1ccc(F)cc1.I. The van der Waals surface area contributed by atoms with Crippen LogP contribution in [0.3, 0.4) is 0 Å². The lowest BCUT2D eigenvalue weighted by molar-refractivity contribution is 0.508. The van der Waals surface area contributed by atoms with E-state index in [2.05, 4.69) is 10.3 Å². The summed E-state index contributed by atoms with van der Waals surface area (Å²) in [5.41, 5.74) is 5.67. The van der Waals surface area contributed by atoms with Gasteiger partial charge < -0.3 is 11.1 Å². The molecule has 0 aliphatic carbocycles. The van der Waals surface area contributed by atoms with Crippen molar-refractivity contribution in [3.05, 3.63) is 30.1 Å². The molecule has 19 heavy (non-hydrogen) atoms. The fourth-order valence-corrected chi connectivity index (χ4v) is 2.03. The first-order chi connectivity index (χ1) is 8.37. The smallest absolute Gasteiger partial charge is 0.189 e. The third-order valence-electron chi connectivity index (χ3n) is 1.96. The summed E-state index contributed by atoms with van der Waals surface area (Å²) in [5.74, 6) is 1.07. The molecule has 0 radical (unpaired) electrons. The Balaban J connectivity index is 0.00000324. The number of thioether (sulfide) groups is 1. The number of halogens is 2. The van der Waals surface area contributed by atoms with E-state index < -0.39 is 0 Å². The Kier molecular flexibility index (Phi) is 8.40. The fourth-order valence-electron chi connectivity index (χ4n) is 1.28. The highest BCUT2D eigenvalue weighted by Gasteiger charge is 2.09. The Morgan fingerprint density at radius 1 is 1.32 bits per heavy atom. The van der Waals surface area contributed by atoms with Crippen LogP contribution in [-0.2, 0) is 0 Å². The number of nitrogens with one attached hydrogen (secondary N) is 1. The second kappa shape index (κ2) is 8.63. The van der Waals surface area contributed by atoms with Crippen molar-refractivity contribution in [3.8, 4) is 0 Å². The largest absolute Gasteiger partial charge is 0.370 e. The van der Waals surface area contributed by atoms with Crippen LogP contribution in [0.5, 0.6) is 0 Å². The van der Waals surface area contributed by atoms with Gasteiger partial charge >= 0.3 is 0 Å². The van der Waals surface area contributed by atoms with E-state index in [1.807, 2.05) is 20.8 Å². The Bertz CT molecular complexity index is 401. The van der Waals surface area contributed by atoms with E-state index in [4.69, 9.17) is 5.73 Å². The lowest BCUT2D eigenvalue weighted by Gasteiger charge is -2.20. The summed E-state index contributed by atoms with van der Waals surface area (Å²) in [5, 5.41) is 3.09. The zero-order chi connectivity index (χ0) is 13.6. The van der Waals surface area contributed by atoms with Gasteiger partial charge in [0.05, 0.1) is 6.54 Å². The summed E-state index contributed by atoms with van der Waals surface area (Å²) in [6.45, 7) is 6.73. The zero-order valence-corrected chi connectivity index (χ0v) is 14.6. The number of guanidine groups is 1. The molecule has 0 aliphatic heterocycles. The molecule has 0 aromatic heterocycles. The van der Waals surface area contributed by atoms with Crippen LogP contribution in [0.25, 0.3) is 0 Å². The number of rotatable bonds is 4. The highest BCUT2D eigenvalue weighted by Crippen LogP contribution is 2.17. The Labute approximate surface area is 135 Å². The molecule has 6 heteroatoms. The Morgan fingerprint density at radius 2 is 1.89 bits per heavy atom. The molecular formula is C13H21FIN3S. The van der Waals surface area contributed by atoms with E-state index in [0.717, 1.165) is 10.6 Å². The summed E-state index contributed by atoms with van der Waals surface area (Å²) in [4.78, 5) is 5.27. The maximum atomic E-state index is 12.7. The Hall–Kier alpha value is -0.500. The lowest BCUT2D eigenvalue weighted by Crippen LogP contribution is -2.45. The summed E-state index contributed by atoms with van der Waals surface area (Å²) in [7, 11) is 0. The van der Waals surface area contributed by atoms with Gasteiger partial charge in [-0.25, -0.2) is 4.39 Å². The van der Waals surface area contributed by atoms with Crippen molar-refractivity contribution in [2.45, 2.75) is 31.2 Å². The molecule has 0 aliphatic rings. The van der Waals surface area contributed by atoms with Crippen LogP contribution in [-0.4, -0.2) is 23.8 Å². The van der Waals surface area contributed by atoms with Crippen molar-refractivity contribution >= 4 is 41.7 Å². The number of aliphatic imine (C=N–C) groups is 1. The minimum absolute atomic E-state index is 0. The topological polar surface area (TPSA) is 50.4 Å². The molecule has 0 amide bonds. The van der Waals surface area contributed by atoms with Gasteiger partial charge in [-0.05, 0) is 45.0 Å². The molecule has 0 saturated heterocycles. The van der Waals surface area contributed by atoms with E-state index in [1.54, 1.807) is 23.9 Å². The summed E-state index contributed by atoms with van der Waals surface area (Å²) in [6.07, 6.45) is 0. The van der Waals surface area contributed by atoms with Crippen LogP contribution in [0.4, 0.5) is 4.39 Å². The van der Waals surface area contributed by atoms with Gasteiger partial charge in [0.15, 0.2) is 5.96 Å².